The first-order chi connectivity index (χ1) is 11.3. The van der Waals surface area contributed by atoms with Crippen molar-refractivity contribution in [3.63, 3.8) is 0 Å². The molecule has 1 heterocycles. The number of rotatable bonds is 5. The van der Waals surface area contributed by atoms with Crippen molar-refractivity contribution in [2.75, 3.05) is 7.11 Å². The monoisotopic (exact) mass is 368 g/mol. The number of nitro groups is 1. The zero-order valence-electron chi connectivity index (χ0n) is 12.7. The van der Waals surface area contributed by atoms with Crippen molar-refractivity contribution in [2.45, 2.75) is 13.0 Å². The lowest BCUT2D eigenvalue weighted by Crippen LogP contribution is -2.26. The van der Waals surface area contributed by atoms with Crippen LogP contribution in [0.25, 0.3) is 0 Å². The molecule has 0 aliphatic heterocycles. The van der Waals surface area contributed by atoms with E-state index < -0.39 is 16.8 Å². The summed E-state index contributed by atoms with van der Waals surface area (Å²) < 4.78 is 5.14. The predicted molar refractivity (Wildman–Crippen MR) is 89.6 cm³/mol. The molecule has 1 aromatic carbocycles. The van der Waals surface area contributed by atoms with Crippen LogP contribution in [-0.2, 0) is 4.74 Å². The average Bonchev–Trinajstić information content (AvgIpc) is 3.00. The van der Waals surface area contributed by atoms with E-state index in [1.54, 1.807) is 19.1 Å². The first-order valence-electron chi connectivity index (χ1n) is 6.75. The van der Waals surface area contributed by atoms with E-state index in [0.717, 1.165) is 24.1 Å². The van der Waals surface area contributed by atoms with Gasteiger partial charge in [0, 0.05) is 22.6 Å². The molecule has 24 heavy (non-hydrogen) atoms. The summed E-state index contributed by atoms with van der Waals surface area (Å²) in [4.78, 5) is 35.1. The lowest BCUT2D eigenvalue weighted by atomic mass is 10.1. The predicted octanol–water partition coefficient (Wildman–Crippen LogP) is 3.59. The van der Waals surface area contributed by atoms with Gasteiger partial charge in [-0.15, -0.1) is 11.3 Å². The summed E-state index contributed by atoms with van der Waals surface area (Å²) in [5, 5.41) is 13.7. The van der Waals surface area contributed by atoms with E-state index >= 15 is 0 Å². The molecular weight excluding hydrogens is 356 g/mol. The number of methoxy groups -OCH3 is 1. The fourth-order valence-electron chi connectivity index (χ4n) is 2.00. The van der Waals surface area contributed by atoms with Gasteiger partial charge in [0.15, 0.2) is 0 Å². The normalized spacial score (nSPS) is 11.6. The maximum atomic E-state index is 12.4. The van der Waals surface area contributed by atoms with E-state index in [1.807, 2.05) is 0 Å². The summed E-state index contributed by atoms with van der Waals surface area (Å²) in [6.07, 6.45) is 0. The third-order valence-electron chi connectivity index (χ3n) is 3.18. The lowest BCUT2D eigenvalue weighted by molar-refractivity contribution is -0.384. The Kier molecular flexibility index (Phi) is 5.53. The first-order valence-corrected chi connectivity index (χ1v) is 7.95. The van der Waals surface area contributed by atoms with E-state index in [9.17, 15) is 19.7 Å². The highest BCUT2D eigenvalue weighted by Gasteiger charge is 2.20. The first kappa shape index (κ1) is 17.9. The summed E-state index contributed by atoms with van der Waals surface area (Å²) in [5.41, 5.74) is -0.433. The highest BCUT2D eigenvalue weighted by atomic mass is 35.5. The number of nitrogens with one attached hydrogen (secondary N) is 1. The number of nitrogens with zero attached hydrogens (tertiary/aromatic N) is 1. The van der Waals surface area contributed by atoms with Gasteiger partial charge in [-0.3, -0.25) is 14.9 Å². The number of non-ortho nitro benzene ring substituents is 1. The van der Waals surface area contributed by atoms with Crippen molar-refractivity contribution < 1.29 is 19.2 Å². The fourth-order valence-corrected chi connectivity index (χ4v) is 3.06. The molecule has 9 heteroatoms. The summed E-state index contributed by atoms with van der Waals surface area (Å²) in [7, 11) is 1.16. The highest BCUT2D eigenvalue weighted by Crippen LogP contribution is 2.27. The summed E-state index contributed by atoms with van der Waals surface area (Å²) in [5.74, 6) is -1.30. The number of carbonyl (C=O) groups is 2. The van der Waals surface area contributed by atoms with E-state index in [0.29, 0.717) is 4.34 Å². The number of benzene rings is 1. The Balaban J connectivity index is 2.29. The quantitative estimate of drug-likeness (QED) is 0.494. The molecule has 1 N–H and O–H groups in total. The molecule has 0 saturated carbocycles. The van der Waals surface area contributed by atoms with Crippen molar-refractivity contribution in [2.24, 2.45) is 0 Å². The van der Waals surface area contributed by atoms with Crippen LogP contribution in [0.3, 0.4) is 0 Å². The van der Waals surface area contributed by atoms with Crippen LogP contribution >= 0.6 is 22.9 Å². The molecular formula is C15H13ClN2O5S. The molecule has 2 aromatic rings. The summed E-state index contributed by atoms with van der Waals surface area (Å²) in [6.45, 7) is 1.76. The van der Waals surface area contributed by atoms with Gasteiger partial charge in [-0.2, -0.15) is 0 Å². The molecule has 0 fully saturated rings. The van der Waals surface area contributed by atoms with Gasteiger partial charge in [-0.1, -0.05) is 11.6 Å². The number of hydrogen-bond acceptors (Lipinski definition) is 6. The Bertz CT molecular complexity index is 805. The maximum absolute atomic E-state index is 12.4. The van der Waals surface area contributed by atoms with Gasteiger partial charge < -0.3 is 10.1 Å². The third-order valence-corrected chi connectivity index (χ3v) is 4.59. The molecule has 0 aliphatic rings. The van der Waals surface area contributed by atoms with Crippen molar-refractivity contribution >= 4 is 40.5 Å². The molecule has 0 bridgehead atoms. The minimum absolute atomic E-state index is 0.000830. The Labute approximate surface area is 146 Å². The van der Waals surface area contributed by atoms with Crippen LogP contribution in [0, 0.1) is 10.1 Å². The molecule has 1 amide bonds. The molecule has 0 radical (unpaired) electrons. The Morgan fingerprint density at radius 3 is 2.50 bits per heavy atom. The molecule has 1 unspecified atom stereocenters. The highest BCUT2D eigenvalue weighted by molar-refractivity contribution is 7.16. The van der Waals surface area contributed by atoms with Crippen LogP contribution in [0.1, 0.15) is 38.6 Å². The van der Waals surface area contributed by atoms with Crippen LogP contribution in [0.4, 0.5) is 5.69 Å². The van der Waals surface area contributed by atoms with Gasteiger partial charge in [0.25, 0.3) is 11.6 Å². The van der Waals surface area contributed by atoms with Crippen LogP contribution in [0.15, 0.2) is 30.3 Å². The molecule has 2 rings (SSSR count). The SMILES string of the molecule is COC(=O)c1cc(C(=O)NC(C)c2ccc(Cl)s2)cc([N+](=O)[O-])c1. The van der Waals surface area contributed by atoms with Crippen molar-refractivity contribution in [3.8, 4) is 0 Å². The van der Waals surface area contributed by atoms with Gasteiger partial charge >= 0.3 is 5.97 Å². The second-order valence-electron chi connectivity index (χ2n) is 4.85. The Morgan fingerprint density at radius 1 is 1.29 bits per heavy atom. The number of carbonyl (C=O) groups excluding carboxylic acids is 2. The number of ether oxygens (including phenoxy) is 1. The van der Waals surface area contributed by atoms with E-state index in [1.165, 1.54) is 17.4 Å². The van der Waals surface area contributed by atoms with E-state index in [-0.39, 0.29) is 22.9 Å². The largest absolute Gasteiger partial charge is 0.465 e. The fraction of sp³-hybridized carbons (Fsp3) is 0.200. The second-order valence-corrected chi connectivity index (χ2v) is 6.60. The number of hydrogen-bond donors (Lipinski definition) is 1. The summed E-state index contributed by atoms with van der Waals surface area (Å²) in [6, 6.07) is 6.58. The topological polar surface area (TPSA) is 98.5 Å². The van der Waals surface area contributed by atoms with Crippen LogP contribution in [-0.4, -0.2) is 23.9 Å². The summed E-state index contributed by atoms with van der Waals surface area (Å²) >= 11 is 7.19. The standard InChI is InChI=1S/C15H13ClN2O5S/c1-8(12-3-4-13(16)24-12)17-14(19)9-5-10(15(20)23-2)7-11(6-9)18(21)22/h3-8H,1-2H3,(H,17,19). The minimum atomic E-state index is -0.758. The van der Waals surface area contributed by atoms with Crippen molar-refractivity contribution in [1.82, 2.24) is 5.32 Å². The van der Waals surface area contributed by atoms with Gasteiger partial charge in [0.2, 0.25) is 0 Å². The number of thiophene rings is 1. The molecule has 1 atom stereocenters. The van der Waals surface area contributed by atoms with Crippen LogP contribution in [0.2, 0.25) is 4.34 Å². The molecule has 0 saturated heterocycles. The Morgan fingerprint density at radius 2 is 1.96 bits per heavy atom. The van der Waals surface area contributed by atoms with Crippen molar-refractivity contribution in [1.29, 1.82) is 0 Å². The van der Waals surface area contributed by atoms with Crippen LogP contribution < -0.4 is 5.32 Å². The number of halogens is 1. The van der Waals surface area contributed by atoms with Gasteiger partial charge in [-0.05, 0) is 25.1 Å². The smallest absolute Gasteiger partial charge is 0.338 e. The van der Waals surface area contributed by atoms with Gasteiger partial charge in [-0.25, -0.2) is 4.79 Å². The third kappa shape index (κ3) is 4.09. The molecule has 0 aliphatic carbocycles. The van der Waals surface area contributed by atoms with E-state index in [2.05, 4.69) is 10.1 Å². The molecule has 1 aromatic heterocycles. The number of esters is 1. The molecule has 7 nitrogen and oxygen atoms in total. The second kappa shape index (κ2) is 7.41. The van der Waals surface area contributed by atoms with Gasteiger partial charge in [0.05, 0.1) is 28.0 Å². The zero-order valence-corrected chi connectivity index (χ0v) is 14.3. The van der Waals surface area contributed by atoms with E-state index in [4.69, 9.17) is 11.6 Å². The minimum Gasteiger partial charge on any atom is -0.465 e. The number of amides is 1. The zero-order chi connectivity index (χ0) is 17.9. The Hall–Kier alpha value is -2.45. The van der Waals surface area contributed by atoms with Crippen molar-refractivity contribution in [3.05, 3.63) is 60.8 Å². The lowest BCUT2D eigenvalue weighted by Gasteiger charge is -2.12. The van der Waals surface area contributed by atoms with Crippen LogP contribution in [0.5, 0.6) is 0 Å². The maximum Gasteiger partial charge on any atom is 0.338 e. The molecule has 0 spiro atoms. The molecule has 126 valence electrons. The number of nitro benzene ring substituents is 1. The average molecular weight is 369 g/mol. The van der Waals surface area contributed by atoms with Gasteiger partial charge in [0.1, 0.15) is 0 Å².